The molecule has 6 nitrogen and oxygen atoms in total. The van der Waals surface area contributed by atoms with Crippen LogP contribution >= 0.6 is 22.9 Å². The predicted molar refractivity (Wildman–Crippen MR) is 96.4 cm³/mol. The Morgan fingerprint density at radius 3 is 2.37 bits per heavy atom. The van der Waals surface area contributed by atoms with Crippen LogP contribution in [0.15, 0.2) is 30.3 Å². The van der Waals surface area contributed by atoms with Crippen molar-refractivity contribution in [1.82, 2.24) is 4.98 Å². The van der Waals surface area contributed by atoms with Crippen molar-refractivity contribution in [1.29, 1.82) is 0 Å². The Hall–Kier alpha value is -2.65. The third-order valence-electron chi connectivity index (χ3n) is 3.54. The number of carboxylic acid groups (broad SMARTS) is 1. The standard InChI is InChI=1S/C17H12ClF2NO5S/c1-24-11-5-8(15-21-10-7-9(18)3-4-13(10)27-15)6-12(25-2)14(11)26-17(19,20)16(22)23/h3-7H,1-2H3,(H,22,23). The van der Waals surface area contributed by atoms with Crippen LogP contribution < -0.4 is 14.2 Å². The quantitative estimate of drug-likeness (QED) is 0.629. The average Bonchev–Trinajstić information content (AvgIpc) is 3.04. The van der Waals surface area contributed by atoms with E-state index < -0.39 is 17.8 Å². The molecule has 0 atom stereocenters. The summed E-state index contributed by atoms with van der Waals surface area (Å²) in [5, 5.41) is 9.70. The number of aromatic nitrogens is 1. The normalized spacial score (nSPS) is 11.4. The fraction of sp³-hybridized carbons (Fsp3) is 0.176. The number of alkyl halides is 2. The lowest BCUT2D eigenvalue weighted by atomic mass is 10.2. The molecule has 1 heterocycles. The lowest BCUT2D eigenvalue weighted by molar-refractivity contribution is -0.211. The summed E-state index contributed by atoms with van der Waals surface area (Å²) in [5.41, 5.74) is 1.20. The van der Waals surface area contributed by atoms with Gasteiger partial charge in [0.1, 0.15) is 5.01 Å². The maximum Gasteiger partial charge on any atom is 0.502 e. The number of methoxy groups -OCH3 is 2. The van der Waals surface area contributed by atoms with Crippen LogP contribution in [0.25, 0.3) is 20.8 Å². The summed E-state index contributed by atoms with van der Waals surface area (Å²) in [6, 6.07) is 8.08. The van der Waals surface area contributed by atoms with Gasteiger partial charge in [0.15, 0.2) is 11.5 Å². The smallest absolute Gasteiger partial charge is 0.493 e. The fourth-order valence-electron chi connectivity index (χ4n) is 2.30. The van der Waals surface area contributed by atoms with E-state index >= 15 is 0 Å². The maximum atomic E-state index is 13.5. The lowest BCUT2D eigenvalue weighted by Crippen LogP contribution is -2.35. The molecule has 142 valence electrons. The first kappa shape index (κ1) is 19.1. The molecule has 27 heavy (non-hydrogen) atoms. The van der Waals surface area contributed by atoms with Gasteiger partial charge in [-0.3, -0.25) is 0 Å². The van der Waals surface area contributed by atoms with Crippen LogP contribution in [0.2, 0.25) is 5.02 Å². The number of halogens is 3. The molecule has 0 radical (unpaired) electrons. The second-order valence-corrected chi connectivity index (χ2v) is 6.73. The van der Waals surface area contributed by atoms with Gasteiger partial charge in [-0.2, -0.15) is 8.78 Å². The summed E-state index contributed by atoms with van der Waals surface area (Å²) in [7, 11) is 2.48. The Labute approximate surface area is 160 Å². The highest BCUT2D eigenvalue weighted by atomic mass is 35.5. The molecule has 0 spiro atoms. The number of rotatable bonds is 6. The predicted octanol–water partition coefficient (Wildman–Crippen LogP) is 4.69. The van der Waals surface area contributed by atoms with Gasteiger partial charge < -0.3 is 19.3 Å². The zero-order valence-corrected chi connectivity index (χ0v) is 15.5. The Morgan fingerprint density at radius 2 is 1.81 bits per heavy atom. The molecule has 0 aliphatic rings. The summed E-state index contributed by atoms with van der Waals surface area (Å²) in [4.78, 5) is 15.1. The zero-order valence-electron chi connectivity index (χ0n) is 14.0. The van der Waals surface area contributed by atoms with Gasteiger partial charge in [0.25, 0.3) is 0 Å². The summed E-state index contributed by atoms with van der Waals surface area (Å²) >= 11 is 7.32. The highest BCUT2D eigenvalue weighted by molar-refractivity contribution is 7.21. The van der Waals surface area contributed by atoms with Gasteiger partial charge in [0.2, 0.25) is 5.75 Å². The molecule has 3 rings (SSSR count). The maximum absolute atomic E-state index is 13.5. The SMILES string of the molecule is COc1cc(-c2nc3cc(Cl)ccc3s2)cc(OC)c1OC(F)(F)C(=O)O. The monoisotopic (exact) mass is 415 g/mol. The largest absolute Gasteiger partial charge is 0.502 e. The number of fused-ring (bicyclic) bond motifs is 1. The van der Waals surface area contributed by atoms with E-state index in [1.165, 1.54) is 37.7 Å². The van der Waals surface area contributed by atoms with Gasteiger partial charge in [-0.1, -0.05) is 11.6 Å². The number of carboxylic acids is 1. The van der Waals surface area contributed by atoms with Gasteiger partial charge in [0.05, 0.1) is 24.4 Å². The lowest BCUT2D eigenvalue weighted by Gasteiger charge is -2.18. The number of nitrogens with zero attached hydrogens (tertiary/aromatic N) is 1. The minimum Gasteiger partial charge on any atom is -0.493 e. The van der Waals surface area contributed by atoms with Gasteiger partial charge in [-0.05, 0) is 30.3 Å². The Morgan fingerprint density at radius 1 is 1.19 bits per heavy atom. The first-order valence-electron chi connectivity index (χ1n) is 7.38. The highest BCUT2D eigenvalue weighted by Gasteiger charge is 2.44. The molecule has 0 amide bonds. The topological polar surface area (TPSA) is 77.9 Å². The van der Waals surface area contributed by atoms with Gasteiger partial charge in [-0.25, -0.2) is 9.78 Å². The molecule has 0 unspecified atom stereocenters. The molecule has 1 aromatic heterocycles. The Balaban J connectivity index is 2.11. The van der Waals surface area contributed by atoms with E-state index in [4.69, 9.17) is 26.2 Å². The Bertz CT molecular complexity index is 999. The van der Waals surface area contributed by atoms with Crippen LogP contribution in [-0.2, 0) is 4.79 Å². The van der Waals surface area contributed by atoms with E-state index in [9.17, 15) is 13.6 Å². The molecule has 3 aromatic rings. The molecule has 0 aliphatic carbocycles. The second kappa shape index (κ2) is 7.16. The molecule has 0 bridgehead atoms. The van der Waals surface area contributed by atoms with Gasteiger partial charge in [0, 0.05) is 10.6 Å². The number of thiazole rings is 1. The molecule has 2 aromatic carbocycles. The van der Waals surface area contributed by atoms with Crippen LogP contribution in [0.4, 0.5) is 8.78 Å². The van der Waals surface area contributed by atoms with E-state index in [-0.39, 0.29) is 11.5 Å². The van der Waals surface area contributed by atoms with E-state index in [2.05, 4.69) is 9.72 Å². The number of hydrogen-bond acceptors (Lipinski definition) is 6. The van der Waals surface area contributed by atoms with Crippen molar-refractivity contribution in [3.63, 3.8) is 0 Å². The first-order chi connectivity index (χ1) is 12.7. The number of benzene rings is 2. The van der Waals surface area contributed by atoms with Gasteiger partial charge in [-0.15, -0.1) is 11.3 Å². The van der Waals surface area contributed by atoms with E-state index in [0.717, 1.165) is 4.70 Å². The molecular formula is C17H12ClF2NO5S. The highest BCUT2D eigenvalue weighted by Crippen LogP contribution is 2.44. The number of ether oxygens (including phenoxy) is 3. The van der Waals surface area contributed by atoms with E-state index in [1.54, 1.807) is 12.1 Å². The molecule has 0 saturated carbocycles. The van der Waals surface area contributed by atoms with Crippen LogP contribution in [0.1, 0.15) is 0 Å². The molecule has 0 fully saturated rings. The van der Waals surface area contributed by atoms with Crippen LogP contribution in [0.5, 0.6) is 17.2 Å². The minimum absolute atomic E-state index is 0.123. The average molecular weight is 416 g/mol. The van der Waals surface area contributed by atoms with Crippen molar-refractivity contribution in [3.05, 3.63) is 35.4 Å². The van der Waals surface area contributed by atoms with Crippen molar-refractivity contribution >= 4 is 39.1 Å². The molecular weight excluding hydrogens is 404 g/mol. The summed E-state index contributed by atoms with van der Waals surface area (Å²) in [6.45, 7) is 0. The summed E-state index contributed by atoms with van der Waals surface area (Å²) in [5.74, 6) is -3.20. The third kappa shape index (κ3) is 3.74. The van der Waals surface area contributed by atoms with Crippen molar-refractivity contribution in [2.24, 2.45) is 0 Å². The van der Waals surface area contributed by atoms with Crippen molar-refractivity contribution < 1.29 is 32.9 Å². The summed E-state index contributed by atoms with van der Waals surface area (Å²) in [6.07, 6.45) is -4.45. The molecule has 1 N–H and O–H groups in total. The summed E-state index contributed by atoms with van der Waals surface area (Å²) < 4.78 is 42.4. The molecule has 10 heteroatoms. The van der Waals surface area contributed by atoms with Crippen LogP contribution in [-0.4, -0.2) is 36.4 Å². The van der Waals surface area contributed by atoms with Crippen molar-refractivity contribution in [2.75, 3.05) is 14.2 Å². The Kier molecular flexibility index (Phi) is 5.07. The fourth-order valence-corrected chi connectivity index (χ4v) is 3.40. The van der Waals surface area contributed by atoms with Crippen LogP contribution in [0, 0.1) is 0 Å². The molecule has 0 aliphatic heterocycles. The number of hydrogen-bond donors (Lipinski definition) is 1. The number of aliphatic carboxylic acids is 1. The van der Waals surface area contributed by atoms with Gasteiger partial charge >= 0.3 is 12.1 Å². The minimum atomic E-state index is -4.45. The molecule has 0 saturated heterocycles. The first-order valence-corrected chi connectivity index (χ1v) is 8.57. The van der Waals surface area contributed by atoms with E-state index in [0.29, 0.717) is 21.1 Å². The zero-order chi connectivity index (χ0) is 19.8. The van der Waals surface area contributed by atoms with Crippen LogP contribution in [0.3, 0.4) is 0 Å². The van der Waals surface area contributed by atoms with Crippen molar-refractivity contribution in [3.8, 4) is 27.8 Å². The van der Waals surface area contributed by atoms with E-state index in [1.807, 2.05) is 6.07 Å². The number of carbonyl (C=O) groups is 1. The third-order valence-corrected chi connectivity index (χ3v) is 4.86. The second-order valence-electron chi connectivity index (χ2n) is 5.26. The van der Waals surface area contributed by atoms with Crippen molar-refractivity contribution in [2.45, 2.75) is 6.11 Å².